The molecule has 1 aliphatic carbocycles. The highest BCUT2D eigenvalue weighted by Gasteiger charge is 2.58. The fourth-order valence-corrected chi connectivity index (χ4v) is 5.03. The van der Waals surface area contributed by atoms with Crippen LogP contribution in [0.5, 0.6) is 17.2 Å². The highest BCUT2D eigenvalue weighted by molar-refractivity contribution is 5.95. The van der Waals surface area contributed by atoms with Gasteiger partial charge >= 0.3 is 6.18 Å². The van der Waals surface area contributed by atoms with Gasteiger partial charge in [-0.2, -0.15) is 13.2 Å². The number of hydrogen-bond donors (Lipinski definition) is 4. The molecule has 2 aliphatic rings. The predicted molar refractivity (Wildman–Crippen MR) is 146 cm³/mol. The molecule has 230 valence electrons. The van der Waals surface area contributed by atoms with Gasteiger partial charge in [0.2, 0.25) is 5.60 Å². The lowest BCUT2D eigenvalue weighted by molar-refractivity contribution is -0.265. The molecule has 0 spiro atoms. The largest absolute Gasteiger partial charge is 0.493 e. The van der Waals surface area contributed by atoms with Gasteiger partial charge in [-0.15, -0.1) is 0 Å². The summed E-state index contributed by atoms with van der Waals surface area (Å²) in [4.78, 5) is 17.2. The van der Waals surface area contributed by atoms with E-state index in [1.54, 1.807) is 0 Å². The number of fused-ring (bicyclic) bond motifs is 1. The molecule has 0 radical (unpaired) electrons. The van der Waals surface area contributed by atoms with Gasteiger partial charge in [-0.1, -0.05) is 0 Å². The van der Waals surface area contributed by atoms with Crippen LogP contribution in [0.3, 0.4) is 0 Å². The summed E-state index contributed by atoms with van der Waals surface area (Å²) in [7, 11) is 1.32. The Morgan fingerprint density at radius 1 is 1.19 bits per heavy atom. The summed E-state index contributed by atoms with van der Waals surface area (Å²) in [5, 5.41) is 22.8. The van der Waals surface area contributed by atoms with E-state index in [-0.39, 0.29) is 58.8 Å². The molecule has 0 saturated heterocycles. The number of alkyl halides is 3. The lowest BCUT2D eigenvalue weighted by Crippen LogP contribution is -2.52. The molecule has 3 atom stereocenters. The van der Waals surface area contributed by atoms with Crippen LogP contribution in [0.2, 0.25) is 0 Å². The summed E-state index contributed by atoms with van der Waals surface area (Å²) in [5.74, 6) is -1.03. The van der Waals surface area contributed by atoms with Gasteiger partial charge in [0.1, 0.15) is 24.7 Å². The Hall–Kier alpha value is -3.94. The van der Waals surface area contributed by atoms with Crippen molar-refractivity contribution in [2.75, 3.05) is 26.9 Å². The quantitative estimate of drug-likeness (QED) is 0.257. The zero-order valence-electron chi connectivity index (χ0n) is 23.4. The lowest BCUT2D eigenvalue weighted by atomic mass is 9.85. The standard InChI is InChI=1S/C30H31F4N3O6/c1-16(38)13-42-22-10-5-18(11-23(22)41-2)27(39)36-14-29(40,30(32,33)34)24-12-21-26(43-15-28(21,35)19-6-7-19)25(37-24)17-3-8-20(31)9-4-17/h3-5,8-12,16,19,38,40H,6-7,13-15,35H2,1-2H3,(H,36,39)/t16-,28+,29?/m1/s1. The summed E-state index contributed by atoms with van der Waals surface area (Å²) < 4.78 is 74.1. The summed E-state index contributed by atoms with van der Waals surface area (Å²) in [6, 6.07) is 9.98. The molecule has 1 aliphatic heterocycles. The number of nitrogens with zero attached hydrogens (tertiary/aromatic N) is 1. The number of methoxy groups -OCH3 is 1. The van der Waals surface area contributed by atoms with Gasteiger partial charge in [-0.25, -0.2) is 9.37 Å². The second-order valence-corrected chi connectivity index (χ2v) is 10.9. The monoisotopic (exact) mass is 605 g/mol. The average Bonchev–Trinajstić information content (AvgIpc) is 3.78. The van der Waals surface area contributed by atoms with Crippen molar-refractivity contribution < 1.29 is 46.8 Å². The van der Waals surface area contributed by atoms with Crippen LogP contribution in [0.15, 0.2) is 48.5 Å². The summed E-state index contributed by atoms with van der Waals surface area (Å²) >= 11 is 0. The Labute approximate surface area is 244 Å². The number of carbonyl (C=O) groups excluding carboxylic acids is 1. The number of nitrogens with two attached hydrogens (primary N) is 1. The Morgan fingerprint density at radius 3 is 2.49 bits per heavy atom. The minimum atomic E-state index is -5.28. The first kappa shape index (κ1) is 30.5. The molecule has 13 heteroatoms. The molecule has 0 bridgehead atoms. The average molecular weight is 606 g/mol. The zero-order chi connectivity index (χ0) is 31.2. The number of aliphatic hydroxyl groups excluding tert-OH is 1. The first-order valence-electron chi connectivity index (χ1n) is 13.6. The van der Waals surface area contributed by atoms with E-state index in [0.29, 0.717) is 0 Å². The fourth-order valence-electron chi connectivity index (χ4n) is 5.03. The van der Waals surface area contributed by atoms with E-state index >= 15 is 0 Å². The Balaban J connectivity index is 1.50. The molecule has 1 aromatic heterocycles. The third-order valence-electron chi connectivity index (χ3n) is 7.66. The van der Waals surface area contributed by atoms with E-state index in [1.807, 2.05) is 0 Å². The summed E-state index contributed by atoms with van der Waals surface area (Å²) in [6.07, 6.45) is -4.54. The van der Waals surface area contributed by atoms with E-state index in [1.165, 1.54) is 44.4 Å². The number of pyridine rings is 1. The second-order valence-electron chi connectivity index (χ2n) is 10.9. The highest BCUT2D eigenvalue weighted by atomic mass is 19.4. The molecule has 43 heavy (non-hydrogen) atoms. The number of carbonyl (C=O) groups is 1. The van der Waals surface area contributed by atoms with Crippen molar-refractivity contribution in [2.45, 2.75) is 43.2 Å². The maximum atomic E-state index is 14.7. The number of ether oxygens (including phenoxy) is 3. The predicted octanol–water partition coefficient (Wildman–Crippen LogP) is 3.79. The molecule has 5 N–H and O–H groups in total. The van der Waals surface area contributed by atoms with Crippen LogP contribution in [-0.2, 0) is 11.1 Å². The Kier molecular flexibility index (Phi) is 8.01. The van der Waals surface area contributed by atoms with Gasteiger partial charge in [-0.05, 0) is 74.2 Å². The fraction of sp³-hybridized carbons (Fsp3) is 0.400. The van der Waals surface area contributed by atoms with Gasteiger partial charge in [0.25, 0.3) is 5.91 Å². The van der Waals surface area contributed by atoms with Crippen LogP contribution in [0.4, 0.5) is 17.6 Å². The maximum absolute atomic E-state index is 14.7. The normalized spacial score (nSPS) is 20.0. The molecule has 2 heterocycles. The minimum Gasteiger partial charge on any atom is -0.493 e. The number of nitrogens with one attached hydrogen (secondary N) is 1. The van der Waals surface area contributed by atoms with E-state index in [2.05, 4.69) is 10.3 Å². The molecule has 9 nitrogen and oxygen atoms in total. The molecule has 1 unspecified atom stereocenters. The third-order valence-corrected chi connectivity index (χ3v) is 7.66. The van der Waals surface area contributed by atoms with E-state index < -0.39 is 47.4 Å². The second kappa shape index (κ2) is 11.3. The number of halogens is 4. The number of aromatic nitrogens is 1. The van der Waals surface area contributed by atoms with Crippen LogP contribution in [0.25, 0.3) is 11.3 Å². The molecule has 1 amide bonds. The minimum absolute atomic E-state index is 0.00622. The van der Waals surface area contributed by atoms with E-state index in [4.69, 9.17) is 19.9 Å². The molecule has 5 rings (SSSR count). The van der Waals surface area contributed by atoms with Crippen molar-refractivity contribution in [3.8, 4) is 28.5 Å². The summed E-state index contributed by atoms with van der Waals surface area (Å²) in [5.41, 5.74) is 1.54. The van der Waals surface area contributed by atoms with Crippen molar-refractivity contribution in [2.24, 2.45) is 11.7 Å². The number of aliphatic hydroxyl groups is 2. The number of hydrogen-bond acceptors (Lipinski definition) is 8. The van der Waals surface area contributed by atoms with E-state index in [0.717, 1.165) is 31.0 Å². The number of rotatable bonds is 10. The van der Waals surface area contributed by atoms with Crippen molar-refractivity contribution in [1.82, 2.24) is 10.3 Å². The van der Waals surface area contributed by atoms with Crippen molar-refractivity contribution >= 4 is 5.91 Å². The number of amides is 1. The van der Waals surface area contributed by atoms with Crippen LogP contribution < -0.4 is 25.3 Å². The van der Waals surface area contributed by atoms with Crippen LogP contribution in [0, 0.1) is 11.7 Å². The molecule has 1 saturated carbocycles. The topological polar surface area (TPSA) is 136 Å². The first-order valence-corrected chi connectivity index (χ1v) is 13.6. The van der Waals surface area contributed by atoms with E-state index in [9.17, 15) is 32.6 Å². The zero-order valence-corrected chi connectivity index (χ0v) is 23.4. The number of benzene rings is 2. The molecular formula is C30H31F4N3O6. The Bertz CT molecular complexity index is 1510. The van der Waals surface area contributed by atoms with Gasteiger partial charge in [-0.3, -0.25) is 4.79 Å². The van der Waals surface area contributed by atoms with Gasteiger partial charge in [0.15, 0.2) is 17.2 Å². The highest BCUT2D eigenvalue weighted by Crippen LogP contribution is 2.53. The van der Waals surface area contributed by atoms with Crippen molar-refractivity contribution in [1.29, 1.82) is 0 Å². The van der Waals surface area contributed by atoms with Crippen LogP contribution in [0.1, 0.15) is 41.4 Å². The molecule has 2 aromatic carbocycles. The van der Waals surface area contributed by atoms with Crippen molar-refractivity contribution in [3.05, 3.63) is 71.2 Å². The van der Waals surface area contributed by atoms with Crippen LogP contribution in [-0.4, -0.2) is 60.3 Å². The van der Waals surface area contributed by atoms with Crippen LogP contribution >= 0.6 is 0 Å². The summed E-state index contributed by atoms with van der Waals surface area (Å²) in [6.45, 7) is 0.186. The first-order chi connectivity index (χ1) is 20.3. The lowest BCUT2D eigenvalue weighted by Gasteiger charge is -2.32. The maximum Gasteiger partial charge on any atom is 0.424 e. The third kappa shape index (κ3) is 5.84. The van der Waals surface area contributed by atoms with Gasteiger partial charge in [0.05, 0.1) is 31.0 Å². The molecule has 3 aromatic rings. The van der Waals surface area contributed by atoms with Gasteiger partial charge < -0.3 is 35.5 Å². The SMILES string of the molecule is COc1cc(C(=O)NCC(O)(c2cc3c(c(-c4ccc(F)cc4)n2)OC[C@]3(N)C2CC2)C(F)(F)F)ccc1OC[C@@H](C)O. The van der Waals surface area contributed by atoms with Crippen molar-refractivity contribution in [3.63, 3.8) is 0 Å². The Morgan fingerprint density at radius 2 is 1.88 bits per heavy atom. The molecular weight excluding hydrogens is 574 g/mol. The molecule has 1 fully saturated rings. The smallest absolute Gasteiger partial charge is 0.424 e. The van der Waals surface area contributed by atoms with Gasteiger partial charge in [0, 0.05) is 16.7 Å².